The van der Waals surface area contributed by atoms with Crippen LogP contribution in [0, 0.1) is 0 Å². The molecule has 0 bridgehead atoms. The molecule has 1 aromatic carbocycles. The number of aromatic nitrogens is 2. The van der Waals surface area contributed by atoms with Gasteiger partial charge in [-0.2, -0.15) is 4.98 Å². The van der Waals surface area contributed by atoms with Gasteiger partial charge >= 0.3 is 0 Å². The first-order valence-corrected chi connectivity index (χ1v) is 7.27. The first-order valence-electron chi connectivity index (χ1n) is 6.90. The predicted octanol–water partition coefficient (Wildman–Crippen LogP) is 3.55. The summed E-state index contributed by atoms with van der Waals surface area (Å²) in [4.78, 5) is 16.3. The molecule has 0 spiro atoms. The van der Waals surface area contributed by atoms with E-state index in [0.29, 0.717) is 40.9 Å². The van der Waals surface area contributed by atoms with E-state index in [4.69, 9.17) is 20.9 Å². The minimum Gasteiger partial charge on any atom is -0.485 e. The zero-order valence-corrected chi connectivity index (χ0v) is 12.6. The van der Waals surface area contributed by atoms with Crippen molar-refractivity contribution in [3.63, 3.8) is 0 Å². The molecule has 0 aliphatic heterocycles. The van der Waals surface area contributed by atoms with Crippen LogP contribution in [0.4, 0.5) is 0 Å². The van der Waals surface area contributed by atoms with Gasteiger partial charge in [-0.3, -0.25) is 4.79 Å². The summed E-state index contributed by atoms with van der Waals surface area (Å²) in [6.07, 6.45) is 1.15. The van der Waals surface area contributed by atoms with Crippen LogP contribution in [-0.2, 0) is 13.0 Å². The molecule has 5 nitrogen and oxygen atoms in total. The van der Waals surface area contributed by atoms with Gasteiger partial charge in [0, 0.05) is 17.9 Å². The van der Waals surface area contributed by atoms with Gasteiger partial charge in [0.15, 0.2) is 12.4 Å². The molecule has 1 unspecified atom stereocenters. The molecule has 1 heterocycles. The summed E-state index contributed by atoms with van der Waals surface area (Å²) in [7, 11) is 0. The van der Waals surface area contributed by atoms with Gasteiger partial charge in [-0.1, -0.05) is 30.6 Å². The Hall–Kier alpha value is -1.88. The number of benzene rings is 1. The molecule has 0 radical (unpaired) electrons. The number of rotatable bonds is 4. The molecular weight excluding hydrogens is 292 g/mol. The first kappa shape index (κ1) is 14.1. The highest BCUT2D eigenvalue weighted by Gasteiger charge is 2.31. The van der Waals surface area contributed by atoms with Crippen LogP contribution >= 0.6 is 11.6 Å². The number of halogens is 1. The van der Waals surface area contributed by atoms with E-state index in [1.165, 1.54) is 0 Å². The molecule has 110 valence electrons. The van der Waals surface area contributed by atoms with Crippen LogP contribution < -0.4 is 4.74 Å². The van der Waals surface area contributed by atoms with E-state index in [0.717, 1.165) is 5.56 Å². The molecule has 0 saturated heterocycles. The summed E-state index contributed by atoms with van der Waals surface area (Å²) in [5.74, 6) is 1.76. The molecule has 1 aromatic heterocycles. The van der Waals surface area contributed by atoms with Gasteiger partial charge in [0.1, 0.15) is 5.75 Å². The number of ketones is 1. The maximum absolute atomic E-state index is 12.1. The van der Waals surface area contributed by atoms with Gasteiger partial charge in [0.2, 0.25) is 11.7 Å². The molecular formula is C15H15ClN2O3. The number of carbonyl (C=O) groups is 1. The number of nitrogens with zero attached hydrogens (tertiary/aromatic N) is 2. The molecule has 21 heavy (non-hydrogen) atoms. The number of ether oxygens (including phenoxy) is 1. The van der Waals surface area contributed by atoms with Crippen LogP contribution in [0.2, 0.25) is 5.02 Å². The average molecular weight is 307 g/mol. The van der Waals surface area contributed by atoms with Gasteiger partial charge in [-0.05, 0) is 23.6 Å². The Balaban J connectivity index is 1.85. The fourth-order valence-electron chi connectivity index (χ4n) is 2.58. The zero-order valence-electron chi connectivity index (χ0n) is 11.9. The van der Waals surface area contributed by atoms with E-state index in [1.807, 2.05) is 13.8 Å². The maximum atomic E-state index is 12.1. The lowest BCUT2D eigenvalue weighted by atomic mass is 10.0. The van der Waals surface area contributed by atoms with Crippen molar-refractivity contribution in [1.29, 1.82) is 0 Å². The number of hydrogen-bond donors (Lipinski definition) is 0. The molecule has 1 aliphatic carbocycles. The summed E-state index contributed by atoms with van der Waals surface area (Å²) in [5.41, 5.74) is 1.47. The predicted molar refractivity (Wildman–Crippen MR) is 76.8 cm³/mol. The lowest BCUT2D eigenvalue weighted by molar-refractivity contribution is 0.0986. The SMILES string of the molecule is CCc1nc(COc2ccc(Cl)c3c2C(=O)CC3C)no1. The molecule has 0 N–H and O–H groups in total. The van der Waals surface area contributed by atoms with Crippen LogP contribution in [0.3, 0.4) is 0 Å². The fraction of sp³-hybridized carbons (Fsp3) is 0.400. The summed E-state index contributed by atoms with van der Waals surface area (Å²) < 4.78 is 10.7. The average Bonchev–Trinajstić information content (AvgIpc) is 3.04. The third kappa shape index (κ3) is 2.53. The smallest absolute Gasteiger partial charge is 0.226 e. The zero-order chi connectivity index (χ0) is 15.0. The molecule has 0 fully saturated rings. The Morgan fingerprint density at radius 3 is 3.00 bits per heavy atom. The minimum absolute atomic E-state index is 0.0670. The van der Waals surface area contributed by atoms with Crippen molar-refractivity contribution in [2.75, 3.05) is 0 Å². The second kappa shape index (κ2) is 5.48. The second-order valence-electron chi connectivity index (χ2n) is 5.11. The summed E-state index contributed by atoms with van der Waals surface area (Å²) in [6, 6.07) is 3.48. The van der Waals surface area contributed by atoms with Gasteiger partial charge in [0.25, 0.3) is 0 Å². The van der Waals surface area contributed by atoms with E-state index < -0.39 is 0 Å². The highest BCUT2D eigenvalue weighted by atomic mass is 35.5. The largest absolute Gasteiger partial charge is 0.485 e. The van der Waals surface area contributed by atoms with Gasteiger partial charge in [-0.25, -0.2) is 0 Å². The van der Waals surface area contributed by atoms with Crippen LogP contribution in [0.15, 0.2) is 16.7 Å². The topological polar surface area (TPSA) is 65.2 Å². The Labute approximate surface area is 127 Å². The Bertz CT molecular complexity index is 696. The third-order valence-electron chi connectivity index (χ3n) is 3.59. The first-order chi connectivity index (χ1) is 10.1. The summed E-state index contributed by atoms with van der Waals surface area (Å²) in [6.45, 7) is 4.09. The monoisotopic (exact) mass is 306 g/mol. The van der Waals surface area contributed by atoms with E-state index in [2.05, 4.69) is 10.1 Å². The molecule has 3 rings (SSSR count). The van der Waals surface area contributed by atoms with Crippen LogP contribution in [0.5, 0.6) is 5.75 Å². The minimum atomic E-state index is 0.0670. The molecule has 0 saturated carbocycles. The van der Waals surface area contributed by atoms with Gasteiger partial charge in [-0.15, -0.1) is 0 Å². The highest BCUT2D eigenvalue weighted by molar-refractivity contribution is 6.32. The molecule has 1 atom stereocenters. The van der Waals surface area contributed by atoms with Gasteiger partial charge < -0.3 is 9.26 Å². The van der Waals surface area contributed by atoms with Crippen LogP contribution in [-0.4, -0.2) is 15.9 Å². The van der Waals surface area contributed by atoms with Crippen molar-refractivity contribution in [2.24, 2.45) is 0 Å². The molecule has 1 aliphatic rings. The normalized spacial score (nSPS) is 17.1. The number of aryl methyl sites for hydroxylation is 1. The van der Waals surface area contributed by atoms with Crippen molar-refractivity contribution in [1.82, 2.24) is 10.1 Å². The Kier molecular flexibility index (Phi) is 3.68. The van der Waals surface area contributed by atoms with Crippen LogP contribution in [0.25, 0.3) is 0 Å². The number of fused-ring (bicyclic) bond motifs is 1. The third-order valence-corrected chi connectivity index (χ3v) is 3.92. The maximum Gasteiger partial charge on any atom is 0.226 e. The molecule has 2 aromatic rings. The lowest BCUT2D eigenvalue weighted by Crippen LogP contribution is -2.03. The standard InChI is InChI=1S/C15H15ClN2O3/c1-3-13-17-12(18-21-13)7-20-11-5-4-9(16)14-8(2)6-10(19)15(11)14/h4-5,8H,3,6-7H2,1-2H3. The van der Waals surface area contributed by atoms with E-state index >= 15 is 0 Å². The van der Waals surface area contributed by atoms with Crippen molar-refractivity contribution in [2.45, 2.75) is 39.2 Å². The van der Waals surface area contributed by atoms with Gasteiger partial charge in [0.05, 0.1) is 5.56 Å². The number of Topliss-reactive ketones (excluding diaryl/α,β-unsaturated/α-hetero) is 1. The summed E-state index contributed by atoms with van der Waals surface area (Å²) >= 11 is 6.19. The van der Waals surface area contributed by atoms with Crippen molar-refractivity contribution in [3.05, 3.63) is 40.0 Å². The number of carbonyl (C=O) groups excluding carboxylic acids is 1. The van der Waals surface area contributed by atoms with Crippen molar-refractivity contribution >= 4 is 17.4 Å². The Morgan fingerprint density at radius 1 is 1.48 bits per heavy atom. The fourth-order valence-corrected chi connectivity index (χ4v) is 2.92. The highest BCUT2D eigenvalue weighted by Crippen LogP contribution is 2.42. The van der Waals surface area contributed by atoms with E-state index in [1.54, 1.807) is 12.1 Å². The second-order valence-corrected chi connectivity index (χ2v) is 5.52. The molecule has 6 heteroatoms. The van der Waals surface area contributed by atoms with E-state index in [-0.39, 0.29) is 18.3 Å². The van der Waals surface area contributed by atoms with Crippen molar-refractivity contribution in [3.8, 4) is 5.75 Å². The lowest BCUT2D eigenvalue weighted by Gasteiger charge is -2.11. The molecule has 0 amide bonds. The van der Waals surface area contributed by atoms with Crippen molar-refractivity contribution < 1.29 is 14.1 Å². The summed E-state index contributed by atoms with van der Waals surface area (Å²) in [5, 5.41) is 4.44. The number of hydrogen-bond acceptors (Lipinski definition) is 5. The van der Waals surface area contributed by atoms with Crippen LogP contribution in [0.1, 0.15) is 53.8 Å². The quantitative estimate of drug-likeness (QED) is 0.864. The Morgan fingerprint density at radius 2 is 2.29 bits per heavy atom. The van der Waals surface area contributed by atoms with E-state index in [9.17, 15) is 4.79 Å².